The molecule has 8 heteroatoms. The third-order valence-corrected chi connectivity index (χ3v) is 6.06. The summed E-state index contributed by atoms with van der Waals surface area (Å²) in [4.78, 5) is 19.9. The predicted octanol–water partition coefficient (Wildman–Crippen LogP) is 1.59. The van der Waals surface area contributed by atoms with Crippen LogP contribution >= 0.6 is 0 Å². The first-order valence-corrected chi connectivity index (χ1v) is 10.2. The van der Waals surface area contributed by atoms with Crippen molar-refractivity contribution in [2.75, 3.05) is 32.7 Å². The summed E-state index contributed by atoms with van der Waals surface area (Å²) < 4.78 is 8.83. The summed E-state index contributed by atoms with van der Waals surface area (Å²) in [6.07, 6.45) is 2.52. The summed E-state index contributed by atoms with van der Waals surface area (Å²) in [6, 6.07) is 7.72. The maximum absolute atomic E-state index is 12.8. The molecule has 0 saturated carbocycles. The van der Waals surface area contributed by atoms with Crippen LogP contribution in [0.3, 0.4) is 0 Å². The summed E-state index contributed by atoms with van der Waals surface area (Å²) in [5, 5.41) is 7.54. The molecule has 0 unspecified atom stereocenters. The third kappa shape index (κ3) is 2.97. The average Bonchev–Trinajstić information content (AvgIpc) is 3.26. The minimum atomic E-state index is -0.128. The summed E-state index contributed by atoms with van der Waals surface area (Å²) in [5.41, 5.74) is 1.57. The van der Waals surface area contributed by atoms with Crippen molar-refractivity contribution in [2.24, 2.45) is 5.92 Å². The molecule has 1 N–H and O–H groups in total. The summed E-state index contributed by atoms with van der Waals surface area (Å²) in [7, 11) is 0. The average molecular weight is 382 g/mol. The van der Waals surface area contributed by atoms with Gasteiger partial charge in [0.05, 0.1) is 17.0 Å². The number of hydrogen-bond acceptors (Lipinski definition) is 6. The van der Waals surface area contributed by atoms with Crippen LogP contribution in [0.25, 0.3) is 17.0 Å². The fraction of sp³-hybridized carbons (Fsp3) is 0.550. The highest BCUT2D eigenvalue weighted by Crippen LogP contribution is 2.28. The lowest BCUT2D eigenvalue weighted by Gasteiger charge is -2.40. The molecule has 0 atom stereocenters. The van der Waals surface area contributed by atoms with Crippen LogP contribution in [0.5, 0.6) is 0 Å². The van der Waals surface area contributed by atoms with Crippen LogP contribution in [-0.2, 0) is 6.54 Å². The molecule has 0 bridgehead atoms. The zero-order chi connectivity index (χ0) is 19.1. The number of aromatic nitrogens is 4. The predicted molar refractivity (Wildman–Crippen MR) is 106 cm³/mol. The number of likely N-dealkylation sites (tertiary alicyclic amines) is 1. The monoisotopic (exact) mass is 382 g/mol. The molecule has 8 nitrogen and oxygen atoms in total. The van der Waals surface area contributed by atoms with E-state index >= 15 is 0 Å². The molecule has 28 heavy (non-hydrogen) atoms. The van der Waals surface area contributed by atoms with Crippen LogP contribution in [0.2, 0.25) is 0 Å². The second-order valence-electron chi connectivity index (χ2n) is 7.89. The maximum atomic E-state index is 12.8. The minimum Gasteiger partial charge on any atom is -0.337 e. The lowest BCUT2D eigenvalue weighted by Crippen LogP contribution is -2.48. The first-order chi connectivity index (χ1) is 13.7. The normalized spacial score (nSPS) is 19.3. The van der Waals surface area contributed by atoms with Gasteiger partial charge >= 0.3 is 5.69 Å². The number of nitrogens with zero attached hydrogens (tertiary/aromatic N) is 5. The molecule has 5 rings (SSSR count). The van der Waals surface area contributed by atoms with E-state index in [0.717, 1.165) is 49.7 Å². The van der Waals surface area contributed by atoms with Crippen LogP contribution in [0.15, 0.2) is 33.6 Å². The van der Waals surface area contributed by atoms with Crippen molar-refractivity contribution < 1.29 is 4.52 Å². The van der Waals surface area contributed by atoms with Crippen molar-refractivity contribution in [2.45, 2.75) is 32.2 Å². The van der Waals surface area contributed by atoms with Gasteiger partial charge in [-0.25, -0.2) is 9.36 Å². The van der Waals surface area contributed by atoms with Gasteiger partial charge in [-0.15, -0.1) is 0 Å². The lowest BCUT2D eigenvalue weighted by molar-refractivity contribution is 0.0966. The molecule has 0 spiro atoms. The van der Waals surface area contributed by atoms with Crippen molar-refractivity contribution in [3.8, 4) is 5.95 Å². The van der Waals surface area contributed by atoms with Crippen LogP contribution < -0.4 is 11.0 Å². The van der Waals surface area contributed by atoms with E-state index in [9.17, 15) is 4.79 Å². The van der Waals surface area contributed by atoms with Gasteiger partial charge in [0.15, 0.2) is 0 Å². The molecule has 2 aromatic heterocycles. The van der Waals surface area contributed by atoms with E-state index in [-0.39, 0.29) is 11.6 Å². The number of piperidine rings is 1. The maximum Gasteiger partial charge on any atom is 0.336 e. The van der Waals surface area contributed by atoms with Crippen molar-refractivity contribution in [1.82, 2.24) is 29.5 Å². The Balaban J connectivity index is 1.33. The molecule has 2 saturated heterocycles. The van der Waals surface area contributed by atoms with Gasteiger partial charge in [-0.2, -0.15) is 4.98 Å². The Labute approximate surface area is 163 Å². The highest BCUT2D eigenvalue weighted by Gasteiger charge is 2.34. The van der Waals surface area contributed by atoms with Crippen LogP contribution in [0.1, 0.15) is 31.6 Å². The zero-order valence-corrected chi connectivity index (χ0v) is 16.2. The third-order valence-electron chi connectivity index (χ3n) is 6.06. The number of para-hydroxylation sites is 2. The standard InChI is InChI=1S/C20H26N6O2/c1-2-25-16-5-3-4-6-17(16)26(20(25)27)19-22-18(28-23-19)15-12-24(13-15)11-14-7-9-21-10-8-14/h3-6,14-15,21H,2,7-13H2,1H3. The molecule has 3 aromatic rings. The Kier molecular flexibility index (Phi) is 4.52. The van der Waals surface area contributed by atoms with Crippen molar-refractivity contribution >= 4 is 11.0 Å². The highest BCUT2D eigenvalue weighted by atomic mass is 16.5. The van der Waals surface area contributed by atoms with Gasteiger partial charge in [-0.1, -0.05) is 12.1 Å². The smallest absolute Gasteiger partial charge is 0.336 e. The van der Waals surface area contributed by atoms with Gasteiger partial charge in [0.2, 0.25) is 5.89 Å². The van der Waals surface area contributed by atoms with Crippen molar-refractivity contribution in [3.05, 3.63) is 40.6 Å². The number of benzene rings is 1. The summed E-state index contributed by atoms with van der Waals surface area (Å²) >= 11 is 0. The van der Waals surface area contributed by atoms with Crippen LogP contribution in [0.4, 0.5) is 0 Å². The molecule has 0 aliphatic carbocycles. The second-order valence-corrected chi connectivity index (χ2v) is 7.89. The second kappa shape index (κ2) is 7.18. The molecule has 0 amide bonds. The van der Waals surface area contributed by atoms with Gasteiger partial charge in [0, 0.05) is 26.2 Å². The van der Waals surface area contributed by atoms with E-state index in [1.165, 1.54) is 12.8 Å². The molecular formula is C20H26N6O2. The Hall–Kier alpha value is -2.45. The van der Waals surface area contributed by atoms with Crippen LogP contribution in [-0.4, -0.2) is 56.9 Å². The van der Waals surface area contributed by atoms with Gasteiger partial charge in [-0.3, -0.25) is 4.57 Å². The van der Waals surface area contributed by atoms with E-state index in [2.05, 4.69) is 20.4 Å². The number of rotatable bonds is 5. The first kappa shape index (κ1) is 17.6. The summed E-state index contributed by atoms with van der Waals surface area (Å²) in [6.45, 7) is 7.90. The van der Waals surface area contributed by atoms with E-state index in [1.54, 1.807) is 9.13 Å². The number of fused-ring (bicyclic) bond motifs is 1. The highest BCUT2D eigenvalue weighted by molar-refractivity contribution is 5.77. The fourth-order valence-electron chi connectivity index (χ4n) is 4.50. The zero-order valence-electron chi connectivity index (χ0n) is 16.2. The van der Waals surface area contributed by atoms with Crippen LogP contribution in [0, 0.1) is 5.92 Å². The number of nitrogens with one attached hydrogen (secondary N) is 1. The topological polar surface area (TPSA) is 81.1 Å². The Morgan fingerprint density at radius 1 is 1.18 bits per heavy atom. The minimum absolute atomic E-state index is 0.128. The molecule has 0 radical (unpaired) electrons. The molecule has 148 valence electrons. The largest absolute Gasteiger partial charge is 0.337 e. The van der Waals surface area contributed by atoms with Gasteiger partial charge in [0.25, 0.3) is 5.95 Å². The number of hydrogen-bond donors (Lipinski definition) is 1. The lowest BCUT2D eigenvalue weighted by atomic mass is 9.93. The Bertz CT molecular complexity index is 1020. The summed E-state index contributed by atoms with van der Waals surface area (Å²) in [5.74, 6) is 2.02. The molecule has 2 aliphatic rings. The quantitative estimate of drug-likeness (QED) is 0.722. The van der Waals surface area contributed by atoms with Gasteiger partial charge < -0.3 is 14.7 Å². The molecule has 4 heterocycles. The van der Waals surface area contributed by atoms with Crippen molar-refractivity contribution in [3.63, 3.8) is 0 Å². The Morgan fingerprint density at radius 3 is 2.68 bits per heavy atom. The first-order valence-electron chi connectivity index (χ1n) is 10.2. The molecule has 2 fully saturated rings. The molecular weight excluding hydrogens is 356 g/mol. The van der Waals surface area contributed by atoms with Gasteiger partial charge in [-0.05, 0) is 56.1 Å². The van der Waals surface area contributed by atoms with Crippen molar-refractivity contribution in [1.29, 1.82) is 0 Å². The van der Waals surface area contributed by atoms with E-state index in [1.807, 2.05) is 31.2 Å². The van der Waals surface area contributed by atoms with Gasteiger partial charge in [0.1, 0.15) is 0 Å². The Morgan fingerprint density at radius 2 is 1.93 bits per heavy atom. The molecule has 1 aromatic carbocycles. The number of imidazole rings is 1. The number of aryl methyl sites for hydroxylation is 1. The van der Waals surface area contributed by atoms with E-state index < -0.39 is 0 Å². The fourth-order valence-corrected chi connectivity index (χ4v) is 4.50. The molecule has 2 aliphatic heterocycles. The SMILES string of the molecule is CCn1c(=O)n(-c2noc(C3CN(CC4CCNCC4)C3)n2)c2ccccc21. The van der Waals surface area contributed by atoms with E-state index in [4.69, 9.17) is 4.52 Å². The van der Waals surface area contributed by atoms with E-state index in [0.29, 0.717) is 18.4 Å².